The van der Waals surface area contributed by atoms with Gasteiger partial charge in [-0.1, -0.05) is 12.1 Å². The van der Waals surface area contributed by atoms with Gasteiger partial charge in [0, 0.05) is 15.6 Å². The molecule has 0 aromatic heterocycles. The molecule has 1 aromatic carbocycles. The number of amides is 3. The number of carboxylic acid groups (broad SMARTS) is 1. The summed E-state index contributed by atoms with van der Waals surface area (Å²) in [7, 11) is 0. The average Bonchev–Trinajstić information content (AvgIpc) is 2.39. The van der Waals surface area contributed by atoms with Crippen molar-refractivity contribution in [1.82, 2.24) is 5.32 Å². The van der Waals surface area contributed by atoms with Crippen molar-refractivity contribution in [2.75, 3.05) is 5.32 Å². The van der Waals surface area contributed by atoms with Gasteiger partial charge in [-0.3, -0.25) is 10.1 Å². The highest BCUT2D eigenvalue weighted by Gasteiger charge is 2.15. The first-order chi connectivity index (χ1) is 9.32. The Balaban J connectivity index is 2.73. The Morgan fingerprint density at radius 1 is 1.10 bits per heavy atom. The summed E-state index contributed by atoms with van der Waals surface area (Å²) in [6.45, 7) is 2.63. The summed E-state index contributed by atoms with van der Waals surface area (Å²) in [6, 6.07) is 6.15. The van der Waals surface area contributed by atoms with E-state index in [1.54, 1.807) is 24.3 Å². The molecule has 20 heavy (non-hydrogen) atoms. The van der Waals surface area contributed by atoms with Crippen molar-refractivity contribution in [3.63, 3.8) is 0 Å². The van der Waals surface area contributed by atoms with Gasteiger partial charge in [-0.25, -0.2) is 9.59 Å². The van der Waals surface area contributed by atoms with E-state index in [1.165, 1.54) is 13.8 Å². The lowest BCUT2D eigenvalue weighted by atomic mass is 10.1. The second-order valence-electron chi connectivity index (χ2n) is 3.94. The number of rotatable bonds is 3. The normalized spacial score (nSPS) is 11.3. The van der Waals surface area contributed by atoms with Crippen LogP contribution >= 0.6 is 15.9 Å². The predicted molar refractivity (Wildman–Crippen MR) is 77.3 cm³/mol. The van der Waals surface area contributed by atoms with E-state index in [-0.39, 0.29) is 11.1 Å². The van der Waals surface area contributed by atoms with Crippen molar-refractivity contribution in [2.24, 2.45) is 0 Å². The molecule has 3 N–H and O–H groups in total. The Kier molecular flexibility index (Phi) is 5.45. The number of carbonyl (C=O) groups excluding carboxylic acids is 2. The van der Waals surface area contributed by atoms with Crippen LogP contribution in [0.15, 0.2) is 39.9 Å². The van der Waals surface area contributed by atoms with Crippen LogP contribution < -0.4 is 10.6 Å². The number of aliphatic carboxylic acids is 1. The second-order valence-corrected chi connectivity index (χ2v) is 4.80. The Labute approximate surface area is 124 Å². The summed E-state index contributed by atoms with van der Waals surface area (Å²) < 4.78 is 0.663. The molecular weight excluding hydrogens is 328 g/mol. The lowest BCUT2D eigenvalue weighted by molar-refractivity contribution is -0.133. The van der Waals surface area contributed by atoms with E-state index in [0.717, 1.165) is 0 Å². The first-order valence-corrected chi connectivity index (χ1v) is 6.40. The van der Waals surface area contributed by atoms with Crippen LogP contribution in [-0.2, 0) is 9.59 Å². The number of carboxylic acids is 1. The zero-order chi connectivity index (χ0) is 15.3. The highest BCUT2D eigenvalue weighted by Crippen LogP contribution is 2.20. The molecule has 0 aliphatic carbocycles. The molecule has 0 fully saturated rings. The molecule has 0 saturated carbocycles. The van der Waals surface area contributed by atoms with E-state index >= 15 is 0 Å². The summed E-state index contributed by atoms with van der Waals surface area (Å²) in [5.74, 6) is -1.96. The van der Waals surface area contributed by atoms with Gasteiger partial charge in [0.1, 0.15) is 0 Å². The van der Waals surface area contributed by atoms with Gasteiger partial charge in [0.25, 0.3) is 5.91 Å². The van der Waals surface area contributed by atoms with Crippen LogP contribution in [0, 0.1) is 0 Å². The predicted octanol–water partition coefficient (Wildman–Crippen LogP) is 2.52. The van der Waals surface area contributed by atoms with Crippen LogP contribution in [-0.4, -0.2) is 23.0 Å². The summed E-state index contributed by atoms with van der Waals surface area (Å²) in [5.41, 5.74) is 0.352. The molecule has 0 aliphatic rings. The third-order valence-corrected chi connectivity index (χ3v) is 3.26. The van der Waals surface area contributed by atoms with Crippen molar-refractivity contribution < 1.29 is 19.5 Å². The number of anilines is 1. The first kappa shape index (κ1) is 15.9. The maximum atomic E-state index is 11.7. The quantitative estimate of drug-likeness (QED) is 0.736. The number of halogens is 1. The Morgan fingerprint density at radius 3 is 2.25 bits per heavy atom. The summed E-state index contributed by atoms with van der Waals surface area (Å²) in [6.07, 6.45) is 0. The minimum absolute atomic E-state index is 0.0280. The molecule has 7 heteroatoms. The fourth-order valence-corrected chi connectivity index (χ4v) is 1.63. The van der Waals surface area contributed by atoms with Crippen molar-refractivity contribution in [1.29, 1.82) is 0 Å². The van der Waals surface area contributed by atoms with Crippen molar-refractivity contribution in [3.8, 4) is 0 Å². The van der Waals surface area contributed by atoms with E-state index in [9.17, 15) is 14.4 Å². The van der Waals surface area contributed by atoms with Crippen molar-refractivity contribution in [2.45, 2.75) is 13.8 Å². The fraction of sp³-hybridized carbons (Fsp3) is 0.154. The van der Waals surface area contributed by atoms with Crippen LogP contribution in [0.3, 0.4) is 0 Å². The zero-order valence-corrected chi connectivity index (χ0v) is 12.4. The molecule has 6 nitrogen and oxygen atoms in total. The third-order valence-electron chi connectivity index (χ3n) is 2.57. The van der Waals surface area contributed by atoms with Gasteiger partial charge < -0.3 is 10.4 Å². The molecule has 1 aromatic rings. The number of para-hydroxylation sites is 1. The van der Waals surface area contributed by atoms with E-state index in [2.05, 4.69) is 26.6 Å². The monoisotopic (exact) mass is 340 g/mol. The van der Waals surface area contributed by atoms with Crippen LogP contribution in [0.5, 0.6) is 0 Å². The third kappa shape index (κ3) is 4.20. The molecule has 0 radical (unpaired) electrons. The highest BCUT2D eigenvalue weighted by molar-refractivity contribution is 9.10. The fourth-order valence-electron chi connectivity index (χ4n) is 1.24. The molecule has 1 rings (SSSR count). The highest BCUT2D eigenvalue weighted by atomic mass is 79.9. The Bertz CT molecular complexity index is 596. The Morgan fingerprint density at radius 2 is 1.70 bits per heavy atom. The van der Waals surface area contributed by atoms with Gasteiger partial charge in [0.2, 0.25) is 0 Å². The largest absolute Gasteiger partial charge is 0.478 e. The lowest BCUT2D eigenvalue weighted by Crippen LogP contribution is -2.35. The maximum absolute atomic E-state index is 11.7. The number of nitrogens with one attached hydrogen (secondary N) is 2. The molecule has 106 valence electrons. The number of imide groups is 1. The van der Waals surface area contributed by atoms with Gasteiger partial charge in [-0.2, -0.15) is 0 Å². The van der Waals surface area contributed by atoms with Gasteiger partial charge in [-0.15, -0.1) is 0 Å². The molecule has 0 spiro atoms. The average molecular weight is 341 g/mol. The molecule has 0 saturated heterocycles. The minimum atomic E-state index is -1.20. The number of carbonyl (C=O) groups is 3. The Hall–Kier alpha value is -2.15. The molecule has 0 aliphatic heterocycles. The smallest absolute Gasteiger partial charge is 0.331 e. The molecule has 0 heterocycles. The lowest BCUT2D eigenvalue weighted by Gasteiger charge is -2.09. The van der Waals surface area contributed by atoms with Gasteiger partial charge >= 0.3 is 12.0 Å². The first-order valence-electron chi connectivity index (χ1n) is 5.60. The number of benzene rings is 1. The molecule has 0 bridgehead atoms. The molecule has 0 atom stereocenters. The SMILES string of the molecule is CC(C(=O)O)=C(C)C(=O)NC(=O)Nc1ccccc1Br. The van der Waals surface area contributed by atoms with Crippen molar-refractivity contribution >= 4 is 39.5 Å². The summed E-state index contributed by atoms with van der Waals surface area (Å²) in [5, 5.41) is 13.3. The molecular formula is C13H13BrN2O4. The van der Waals surface area contributed by atoms with Crippen LogP contribution in [0.2, 0.25) is 0 Å². The standard InChI is InChI=1S/C13H13BrN2O4/c1-7(8(2)12(18)19)11(17)16-13(20)15-10-6-4-3-5-9(10)14/h3-6H,1-2H3,(H,18,19)(H2,15,16,17,20). The zero-order valence-electron chi connectivity index (χ0n) is 10.9. The molecule has 3 amide bonds. The van der Waals surface area contributed by atoms with E-state index in [4.69, 9.17) is 5.11 Å². The van der Waals surface area contributed by atoms with Crippen LogP contribution in [0.4, 0.5) is 10.5 Å². The van der Waals surface area contributed by atoms with Gasteiger partial charge in [0.05, 0.1) is 5.69 Å². The van der Waals surface area contributed by atoms with Crippen molar-refractivity contribution in [3.05, 3.63) is 39.9 Å². The van der Waals surface area contributed by atoms with Gasteiger partial charge in [-0.05, 0) is 41.9 Å². The number of hydrogen-bond acceptors (Lipinski definition) is 3. The van der Waals surface area contributed by atoms with E-state index in [1.807, 2.05) is 0 Å². The van der Waals surface area contributed by atoms with E-state index in [0.29, 0.717) is 10.2 Å². The molecule has 0 unspecified atom stereocenters. The topological polar surface area (TPSA) is 95.5 Å². The number of urea groups is 1. The van der Waals surface area contributed by atoms with Crippen LogP contribution in [0.25, 0.3) is 0 Å². The summed E-state index contributed by atoms with van der Waals surface area (Å²) in [4.78, 5) is 34.0. The van der Waals surface area contributed by atoms with Crippen LogP contribution in [0.1, 0.15) is 13.8 Å². The minimum Gasteiger partial charge on any atom is -0.478 e. The van der Waals surface area contributed by atoms with E-state index < -0.39 is 17.9 Å². The number of hydrogen-bond donors (Lipinski definition) is 3. The summed E-state index contributed by atoms with van der Waals surface area (Å²) >= 11 is 3.25. The second kappa shape index (κ2) is 6.85. The maximum Gasteiger partial charge on any atom is 0.331 e. The van der Waals surface area contributed by atoms with Gasteiger partial charge in [0.15, 0.2) is 0 Å².